The lowest BCUT2D eigenvalue weighted by molar-refractivity contribution is -0.119. The predicted octanol–water partition coefficient (Wildman–Crippen LogP) is 2.79. The van der Waals surface area contributed by atoms with Crippen molar-refractivity contribution in [2.45, 2.75) is 31.7 Å². The van der Waals surface area contributed by atoms with Gasteiger partial charge in [0.05, 0.1) is 26.0 Å². The highest BCUT2D eigenvalue weighted by Gasteiger charge is 2.30. The van der Waals surface area contributed by atoms with E-state index in [1.807, 2.05) is 11.0 Å². The summed E-state index contributed by atoms with van der Waals surface area (Å²) in [6.45, 7) is 0.711. The van der Waals surface area contributed by atoms with Crippen molar-refractivity contribution in [3.05, 3.63) is 46.7 Å². The van der Waals surface area contributed by atoms with E-state index < -0.39 is 0 Å². The van der Waals surface area contributed by atoms with Gasteiger partial charge < -0.3 is 19.5 Å². The van der Waals surface area contributed by atoms with Gasteiger partial charge in [-0.3, -0.25) is 4.79 Å². The van der Waals surface area contributed by atoms with Crippen molar-refractivity contribution < 1.29 is 19.4 Å². The number of methoxy groups -OCH3 is 2. The number of carbonyl (C=O) groups excluding carboxylic acids is 1. The summed E-state index contributed by atoms with van der Waals surface area (Å²) < 4.78 is 10.5. The van der Waals surface area contributed by atoms with Crippen LogP contribution in [0.2, 0.25) is 0 Å². The number of hydrogen-bond acceptors (Lipinski definition) is 4. The summed E-state index contributed by atoms with van der Waals surface area (Å²) in [7, 11) is 3.23. The second kappa shape index (κ2) is 6.99. The largest absolute Gasteiger partial charge is 0.504 e. The van der Waals surface area contributed by atoms with Gasteiger partial charge in [0.1, 0.15) is 0 Å². The van der Waals surface area contributed by atoms with Crippen LogP contribution in [0.4, 0.5) is 0 Å². The van der Waals surface area contributed by atoms with E-state index in [4.69, 9.17) is 9.47 Å². The Labute approximate surface area is 142 Å². The van der Waals surface area contributed by atoms with Crippen LogP contribution in [0.1, 0.15) is 24.8 Å². The van der Waals surface area contributed by atoms with Crippen LogP contribution in [0.3, 0.4) is 0 Å². The molecule has 1 aliphatic heterocycles. The number of hydrogen-bond donors (Lipinski definition) is 1. The zero-order valence-electron chi connectivity index (χ0n) is 14.1. The van der Waals surface area contributed by atoms with Gasteiger partial charge in [0.15, 0.2) is 11.5 Å². The van der Waals surface area contributed by atoms with Gasteiger partial charge in [-0.1, -0.05) is 6.07 Å². The zero-order valence-corrected chi connectivity index (χ0v) is 14.1. The normalized spacial score (nSPS) is 20.3. The minimum atomic E-state index is 0.0358. The lowest BCUT2D eigenvalue weighted by Gasteiger charge is -2.38. The van der Waals surface area contributed by atoms with Crippen molar-refractivity contribution in [3.63, 3.8) is 0 Å². The van der Waals surface area contributed by atoms with Crippen LogP contribution in [0, 0.1) is 0 Å². The molecule has 0 radical (unpaired) electrons. The first-order chi connectivity index (χ1) is 11.7. The maximum Gasteiger partial charge on any atom is 0.210 e. The number of rotatable bonds is 5. The van der Waals surface area contributed by atoms with E-state index in [-0.39, 0.29) is 11.8 Å². The Morgan fingerprint density at radius 1 is 1.25 bits per heavy atom. The number of ether oxygens (including phenoxy) is 2. The number of carbonyl (C=O) groups is 1. The molecule has 0 saturated heterocycles. The van der Waals surface area contributed by atoms with E-state index in [2.05, 4.69) is 6.08 Å². The molecule has 0 bridgehead atoms. The Kier molecular flexibility index (Phi) is 4.79. The van der Waals surface area contributed by atoms with Crippen LogP contribution in [0.15, 0.2) is 41.2 Å². The zero-order chi connectivity index (χ0) is 17.1. The minimum absolute atomic E-state index is 0.0358. The number of phenols is 1. The summed E-state index contributed by atoms with van der Waals surface area (Å²) in [6.07, 6.45) is 6.39. The molecule has 0 saturated carbocycles. The van der Waals surface area contributed by atoms with Gasteiger partial charge in [0, 0.05) is 13.0 Å². The smallest absolute Gasteiger partial charge is 0.210 e. The Balaban J connectivity index is 1.90. The van der Waals surface area contributed by atoms with Gasteiger partial charge >= 0.3 is 0 Å². The van der Waals surface area contributed by atoms with Crippen LogP contribution in [0.5, 0.6) is 11.5 Å². The molecule has 1 unspecified atom stereocenters. The Morgan fingerprint density at radius 2 is 2.08 bits per heavy atom. The molecular formula is C19H23NO4. The molecule has 1 amide bonds. The van der Waals surface area contributed by atoms with Gasteiger partial charge in [-0.25, -0.2) is 0 Å². The van der Waals surface area contributed by atoms with Gasteiger partial charge in [-0.05, 0) is 54.2 Å². The lowest BCUT2D eigenvalue weighted by Crippen LogP contribution is -2.42. The Morgan fingerprint density at radius 3 is 2.75 bits per heavy atom. The quantitative estimate of drug-likeness (QED) is 0.844. The average molecular weight is 329 g/mol. The van der Waals surface area contributed by atoms with Crippen LogP contribution < -0.4 is 4.74 Å². The third kappa shape index (κ3) is 3.11. The fraction of sp³-hybridized carbons (Fsp3) is 0.421. The number of aromatic hydroxyl groups is 1. The van der Waals surface area contributed by atoms with E-state index in [1.165, 1.54) is 18.3 Å². The molecule has 1 aliphatic carbocycles. The lowest BCUT2D eigenvalue weighted by atomic mass is 9.83. The van der Waals surface area contributed by atoms with E-state index in [0.717, 1.165) is 37.0 Å². The summed E-state index contributed by atoms with van der Waals surface area (Å²) in [5, 5.41) is 10.00. The van der Waals surface area contributed by atoms with Crippen molar-refractivity contribution in [2.75, 3.05) is 20.8 Å². The fourth-order valence-corrected chi connectivity index (χ4v) is 3.61. The topological polar surface area (TPSA) is 59.0 Å². The van der Waals surface area contributed by atoms with Crippen molar-refractivity contribution in [3.8, 4) is 11.5 Å². The van der Waals surface area contributed by atoms with Gasteiger partial charge in [0.2, 0.25) is 6.41 Å². The molecule has 0 fully saturated rings. The summed E-state index contributed by atoms with van der Waals surface area (Å²) in [6, 6.07) is 5.46. The van der Waals surface area contributed by atoms with Gasteiger partial charge in [-0.2, -0.15) is 0 Å². The van der Waals surface area contributed by atoms with Crippen LogP contribution >= 0.6 is 0 Å². The first-order valence-corrected chi connectivity index (χ1v) is 8.19. The highest BCUT2D eigenvalue weighted by molar-refractivity contribution is 5.53. The Hall–Kier alpha value is -2.43. The molecular weight excluding hydrogens is 306 g/mol. The molecule has 0 aromatic heterocycles. The summed E-state index contributed by atoms with van der Waals surface area (Å²) >= 11 is 0. The molecule has 0 spiro atoms. The second-order valence-corrected chi connectivity index (χ2v) is 6.18. The van der Waals surface area contributed by atoms with Crippen molar-refractivity contribution in [2.24, 2.45) is 0 Å². The highest BCUT2D eigenvalue weighted by Crippen LogP contribution is 2.36. The van der Waals surface area contributed by atoms with Crippen molar-refractivity contribution >= 4 is 6.41 Å². The number of amides is 1. The molecule has 128 valence electrons. The molecule has 1 aromatic carbocycles. The molecule has 5 heteroatoms. The molecule has 1 atom stereocenters. The molecule has 2 aliphatic rings. The Bertz CT molecular complexity index is 693. The van der Waals surface area contributed by atoms with Crippen LogP contribution in [-0.4, -0.2) is 43.2 Å². The maximum atomic E-state index is 11.5. The summed E-state index contributed by atoms with van der Waals surface area (Å²) in [5.41, 5.74) is 3.59. The monoisotopic (exact) mass is 329 g/mol. The number of benzene rings is 1. The molecule has 24 heavy (non-hydrogen) atoms. The first-order valence-electron chi connectivity index (χ1n) is 8.19. The minimum Gasteiger partial charge on any atom is -0.504 e. The molecule has 1 N–H and O–H groups in total. The van der Waals surface area contributed by atoms with E-state index in [0.29, 0.717) is 18.7 Å². The van der Waals surface area contributed by atoms with E-state index in [9.17, 15) is 9.90 Å². The average Bonchev–Trinajstić information content (AvgIpc) is 2.61. The summed E-state index contributed by atoms with van der Waals surface area (Å²) in [5.74, 6) is 1.59. The number of allylic oxidation sites excluding steroid dienone is 2. The standard InChI is InChI=1S/C19H23NO4/c1-23-15-4-5-16-14(11-15)7-8-20(12-21)17(16)9-13-3-6-19(24-2)18(22)10-13/h3,6,10-12,17,22H,4-5,7-9H2,1-2H3. The maximum absolute atomic E-state index is 11.5. The second-order valence-electron chi connectivity index (χ2n) is 6.18. The highest BCUT2D eigenvalue weighted by atomic mass is 16.5. The van der Waals surface area contributed by atoms with Crippen LogP contribution in [0.25, 0.3) is 0 Å². The molecule has 1 heterocycles. The number of phenolic OH excluding ortho intramolecular Hbond substituents is 1. The van der Waals surface area contributed by atoms with Gasteiger partial charge in [0.25, 0.3) is 0 Å². The molecule has 5 nitrogen and oxygen atoms in total. The number of nitrogens with zero attached hydrogens (tertiary/aromatic N) is 1. The van der Waals surface area contributed by atoms with Crippen LogP contribution in [-0.2, 0) is 16.0 Å². The predicted molar refractivity (Wildman–Crippen MR) is 90.9 cm³/mol. The van der Waals surface area contributed by atoms with Crippen molar-refractivity contribution in [1.82, 2.24) is 4.90 Å². The fourth-order valence-electron chi connectivity index (χ4n) is 3.61. The first kappa shape index (κ1) is 16.4. The SMILES string of the molecule is COC1=CC2=C(CC1)C(Cc1ccc(OC)c(O)c1)N(C=O)CC2. The molecule has 3 rings (SSSR count). The third-order valence-electron chi connectivity index (χ3n) is 4.90. The van der Waals surface area contributed by atoms with Gasteiger partial charge in [-0.15, -0.1) is 0 Å². The van der Waals surface area contributed by atoms with E-state index >= 15 is 0 Å². The summed E-state index contributed by atoms with van der Waals surface area (Å²) in [4.78, 5) is 13.4. The third-order valence-corrected chi connectivity index (χ3v) is 4.90. The molecule has 1 aromatic rings. The van der Waals surface area contributed by atoms with Crippen molar-refractivity contribution in [1.29, 1.82) is 0 Å². The van der Waals surface area contributed by atoms with E-state index in [1.54, 1.807) is 19.2 Å².